The Kier molecular flexibility index (Phi) is 8.49. The Morgan fingerprint density at radius 3 is 2.80 bits per heavy atom. The lowest BCUT2D eigenvalue weighted by Gasteiger charge is -2.27. The number of carbonyl (C=O) groups is 1. The molecule has 1 aliphatic rings. The number of hydrogen-bond acceptors (Lipinski definition) is 4. The van der Waals surface area contributed by atoms with Gasteiger partial charge in [0, 0.05) is 50.6 Å². The topological polar surface area (TPSA) is 44.4 Å². The van der Waals surface area contributed by atoms with E-state index in [-0.39, 0.29) is 18.3 Å². The van der Waals surface area contributed by atoms with Crippen LogP contribution >= 0.6 is 35.3 Å². The molecule has 20 heavy (non-hydrogen) atoms. The number of nitrogens with zero attached hydrogens (tertiary/aromatic N) is 1. The third-order valence-electron chi connectivity index (χ3n) is 3.19. The summed E-state index contributed by atoms with van der Waals surface area (Å²) < 4.78 is 0.786. The normalized spacial score (nSPS) is 15.7. The van der Waals surface area contributed by atoms with Crippen LogP contribution in [0.1, 0.15) is 11.3 Å². The first-order valence-electron chi connectivity index (χ1n) is 6.68. The lowest BCUT2D eigenvalue weighted by Crippen LogP contribution is -2.46. The molecule has 0 saturated carbocycles. The molecular formula is C13H21Cl2N3OS. The van der Waals surface area contributed by atoms with Gasteiger partial charge in [0.05, 0.1) is 4.34 Å². The van der Waals surface area contributed by atoms with E-state index in [0.717, 1.165) is 50.0 Å². The van der Waals surface area contributed by atoms with Gasteiger partial charge in [0.2, 0.25) is 5.91 Å². The minimum atomic E-state index is 0. The van der Waals surface area contributed by atoms with Crippen molar-refractivity contribution in [3.05, 3.63) is 21.3 Å². The highest BCUT2D eigenvalue weighted by Crippen LogP contribution is 2.22. The van der Waals surface area contributed by atoms with Crippen molar-refractivity contribution in [1.82, 2.24) is 15.5 Å². The molecule has 2 heterocycles. The van der Waals surface area contributed by atoms with Crippen molar-refractivity contribution < 1.29 is 4.79 Å². The van der Waals surface area contributed by atoms with E-state index in [9.17, 15) is 4.79 Å². The van der Waals surface area contributed by atoms with Gasteiger partial charge < -0.3 is 10.6 Å². The van der Waals surface area contributed by atoms with Crippen LogP contribution in [0.15, 0.2) is 12.1 Å². The van der Waals surface area contributed by atoms with Crippen LogP contribution in [-0.2, 0) is 11.2 Å². The van der Waals surface area contributed by atoms with Gasteiger partial charge in [-0.05, 0) is 18.6 Å². The molecule has 1 aromatic heterocycles. The number of aryl methyl sites for hydroxylation is 1. The van der Waals surface area contributed by atoms with Gasteiger partial charge in [0.15, 0.2) is 0 Å². The van der Waals surface area contributed by atoms with Crippen molar-refractivity contribution in [1.29, 1.82) is 0 Å². The van der Waals surface area contributed by atoms with E-state index in [4.69, 9.17) is 11.6 Å². The van der Waals surface area contributed by atoms with E-state index < -0.39 is 0 Å². The molecule has 0 aliphatic carbocycles. The van der Waals surface area contributed by atoms with Gasteiger partial charge in [-0.2, -0.15) is 0 Å². The third-order valence-corrected chi connectivity index (χ3v) is 4.48. The SMILES string of the molecule is Cl.O=C(CCc1ccc(Cl)s1)NCCN1CCNCC1. The molecule has 0 bridgehead atoms. The smallest absolute Gasteiger partial charge is 0.220 e. The summed E-state index contributed by atoms with van der Waals surface area (Å²) in [6, 6.07) is 3.87. The average molecular weight is 338 g/mol. The lowest BCUT2D eigenvalue weighted by atomic mass is 10.2. The second kappa shape index (κ2) is 9.58. The van der Waals surface area contributed by atoms with Crippen LogP contribution in [0.3, 0.4) is 0 Å². The predicted octanol–water partition coefficient (Wildman–Crippen LogP) is 1.78. The largest absolute Gasteiger partial charge is 0.355 e. The number of hydrogen-bond donors (Lipinski definition) is 2. The summed E-state index contributed by atoms with van der Waals surface area (Å²) in [7, 11) is 0. The fraction of sp³-hybridized carbons (Fsp3) is 0.615. The first kappa shape index (κ1) is 17.7. The van der Waals surface area contributed by atoms with Crippen molar-refractivity contribution in [2.45, 2.75) is 12.8 Å². The van der Waals surface area contributed by atoms with E-state index in [1.165, 1.54) is 4.88 Å². The summed E-state index contributed by atoms with van der Waals surface area (Å²) in [5, 5.41) is 6.29. The minimum absolute atomic E-state index is 0. The van der Waals surface area contributed by atoms with Crippen molar-refractivity contribution in [2.75, 3.05) is 39.3 Å². The summed E-state index contributed by atoms with van der Waals surface area (Å²) in [6.45, 7) is 5.93. The van der Waals surface area contributed by atoms with Gasteiger partial charge in [-0.3, -0.25) is 9.69 Å². The quantitative estimate of drug-likeness (QED) is 0.831. The van der Waals surface area contributed by atoms with E-state index >= 15 is 0 Å². The number of carbonyl (C=O) groups excluding carboxylic acids is 1. The average Bonchev–Trinajstić information content (AvgIpc) is 2.83. The van der Waals surface area contributed by atoms with E-state index in [1.807, 2.05) is 12.1 Å². The first-order valence-corrected chi connectivity index (χ1v) is 7.87. The van der Waals surface area contributed by atoms with Crippen LogP contribution in [0.2, 0.25) is 4.34 Å². The number of amides is 1. The molecule has 1 fully saturated rings. The Balaban J connectivity index is 0.00000200. The van der Waals surface area contributed by atoms with Gasteiger partial charge >= 0.3 is 0 Å². The molecule has 2 rings (SSSR count). The second-order valence-corrected chi connectivity index (χ2v) is 6.45. The van der Waals surface area contributed by atoms with Crippen LogP contribution in [0.5, 0.6) is 0 Å². The molecule has 0 aromatic carbocycles. The zero-order valence-corrected chi connectivity index (χ0v) is 13.8. The molecule has 4 nitrogen and oxygen atoms in total. The fourth-order valence-corrected chi connectivity index (χ4v) is 3.19. The standard InChI is InChI=1S/C13H20ClN3OS.ClH/c14-12-3-1-11(19-12)2-4-13(18)16-7-10-17-8-5-15-6-9-17;/h1,3,15H,2,4-10H2,(H,16,18);1H. The first-order chi connectivity index (χ1) is 9.24. The number of halogens is 2. The summed E-state index contributed by atoms with van der Waals surface area (Å²) in [6.07, 6.45) is 1.31. The summed E-state index contributed by atoms with van der Waals surface area (Å²) >= 11 is 7.40. The Morgan fingerprint density at radius 2 is 2.15 bits per heavy atom. The number of nitrogens with one attached hydrogen (secondary N) is 2. The molecule has 7 heteroatoms. The molecule has 1 aliphatic heterocycles. The molecular weight excluding hydrogens is 317 g/mol. The van der Waals surface area contributed by atoms with E-state index in [2.05, 4.69) is 15.5 Å². The Labute approximate surface area is 135 Å². The number of piperazine rings is 1. The van der Waals surface area contributed by atoms with Gasteiger partial charge in [-0.25, -0.2) is 0 Å². The van der Waals surface area contributed by atoms with Gasteiger partial charge in [0.25, 0.3) is 0 Å². The molecule has 0 spiro atoms. The summed E-state index contributed by atoms with van der Waals surface area (Å²) in [4.78, 5) is 15.2. The Hall–Kier alpha value is -0.330. The van der Waals surface area contributed by atoms with Crippen LogP contribution in [0.25, 0.3) is 0 Å². The zero-order valence-electron chi connectivity index (χ0n) is 11.4. The molecule has 2 N–H and O–H groups in total. The molecule has 1 amide bonds. The maximum atomic E-state index is 11.7. The van der Waals surface area contributed by atoms with E-state index in [1.54, 1.807) is 11.3 Å². The third kappa shape index (κ3) is 6.41. The molecule has 0 atom stereocenters. The van der Waals surface area contributed by atoms with Crippen molar-refractivity contribution in [3.8, 4) is 0 Å². The van der Waals surface area contributed by atoms with Crippen molar-refractivity contribution >= 4 is 41.3 Å². The van der Waals surface area contributed by atoms with Gasteiger partial charge in [0.1, 0.15) is 0 Å². The van der Waals surface area contributed by atoms with E-state index in [0.29, 0.717) is 6.42 Å². The fourth-order valence-electron chi connectivity index (χ4n) is 2.10. The van der Waals surface area contributed by atoms with Crippen LogP contribution in [0, 0.1) is 0 Å². The highest BCUT2D eigenvalue weighted by atomic mass is 35.5. The maximum Gasteiger partial charge on any atom is 0.220 e. The molecule has 0 unspecified atom stereocenters. The van der Waals surface area contributed by atoms with Crippen LogP contribution in [0.4, 0.5) is 0 Å². The molecule has 1 aromatic rings. The van der Waals surface area contributed by atoms with Gasteiger partial charge in [-0.1, -0.05) is 11.6 Å². The predicted molar refractivity (Wildman–Crippen MR) is 87.2 cm³/mol. The lowest BCUT2D eigenvalue weighted by molar-refractivity contribution is -0.121. The Bertz CT molecular complexity index is 408. The highest BCUT2D eigenvalue weighted by Gasteiger charge is 2.09. The minimum Gasteiger partial charge on any atom is -0.355 e. The molecule has 1 saturated heterocycles. The summed E-state index contributed by atoms with van der Waals surface area (Å²) in [5.74, 6) is 0.125. The van der Waals surface area contributed by atoms with Crippen molar-refractivity contribution in [2.24, 2.45) is 0 Å². The zero-order chi connectivity index (χ0) is 13.5. The van der Waals surface area contributed by atoms with Gasteiger partial charge in [-0.15, -0.1) is 23.7 Å². The molecule has 114 valence electrons. The number of thiophene rings is 1. The highest BCUT2D eigenvalue weighted by molar-refractivity contribution is 7.16. The maximum absolute atomic E-state index is 11.7. The second-order valence-electron chi connectivity index (χ2n) is 4.65. The monoisotopic (exact) mass is 337 g/mol. The molecule has 0 radical (unpaired) electrons. The van der Waals surface area contributed by atoms with Crippen LogP contribution in [-0.4, -0.2) is 50.1 Å². The Morgan fingerprint density at radius 1 is 1.40 bits per heavy atom. The van der Waals surface area contributed by atoms with Crippen molar-refractivity contribution in [3.63, 3.8) is 0 Å². The van der Waals surface area contributed by atoms with Crippen LogP contribution < -0.4 is 10.6 Å². The number of rotatable bonds is 6. The summed E-state index contributed by atoms with van der Waals surface area (Å²) in [5.41, 5.74) is 0.